The average Bonchev–Trinajstić information content (AvgIpc) is 2.96. The Morgan fingerprint density at radius 3 is 2.61 bits per heavy atom. The molecular weight excluding hydrogens is 320 g/mol. The van der Waals surface area contributed by atoms with E-state index in [9.17, 15) is 14.4 Å². The first-order chi connectivity index (χ1) is 10.9. The number of amides is 2. The van der Waals surface area contributed by atoms with Crippen molar-refractivity contribution in [2.75, 3.05) is 18.9 Å². The van der Waals surface area contributed by atoms with Crippen molar-refractivity contribution in [3.63, 3.8) is 0 Å². The minimum Gasteiger partial charge on any atom is -0.481 e. The lowest BCUT2D eigenvalue weighted by Crippen LogP contribution is -2.38. The van der Waals surface area contributed by atoms with Crippen LogP contribution in [0.4, 0.5) is 5.69 Å². The van der Waals surface area contributed by atoms with Gasteiger partial charge < -0.3 is 15.3 Å². The molecule has 1 aromatic carbocycles. The Kier molecular flexibility index (Phi) is 5.60. The van der Waals surface area contributed by atoms with E-state index in [0.29, 0.717) is 30.0 Å². The number of carboxylic acid groups (broad SMARTS) is 1. The molecule has 2 atom stereocenters. The van der Waals surface area contributed by atoms with Crippen LogP contribution in [0.1, 0.15) is 19.3 Å². The van der Waals surface area contributed by atoms with Crippen LogP contribution in [0.25, 0.3) is 0 Å². The third-order valence-corrected chi connectivity index (χ3v) is 4.23. The van der Waals surface area contributed by atoms with Gasteiger partial charge in [0.15, 0.2) is 0 Å². The molecule has 0 radical (unpaired) electrons. The smallest absolute Gasteiger partial charge is 0.306 e. The van der Waals surface area contributed by atoms with Crippen molar-refractivity contribution in [1.29, 1.82) is 0 Å². The lowest BCUT2D eigenvalue weighted by molar-refractivity contribution is -0.142. The largest absolute Gasteiger partial charge is 0.481 e. The van der Waals surface area contributed by atoms with Gasteiger partial charge >= 0.3 is 5.97 Å². The molecule has 0 bridgehead atoms. The Morgan fingerprint density at radius 2 is 2.00 bits per heavy atom. The maximum Gasteiger partial charge on any atom is 0.306 e. The summed E-state index contributed by atoms with van der Waals surface area (Å²) in [5.41, 5.74) is 0.565. The van der Waals surface area contributed by atoms with E-state index in [1.54, 1.807) is 31.3 Å². The number of hydrogen-bond acceptors (Lipinski definition) is 3. The van der Waals surface area contributed by atoms with Crippen molar-refractivity contribution in [3.8, 4) is 0 Å². The predicted molar refractivity (Wildman–Crippen MR) is 86.2 cm³/mol. The van der Waals surface area contributed by atoms with Gasteiger partial charge in [0, 0.05) is 23.7 Å². The summed E-state index contributed by atoms with van der Waals surface area (Å²) in [5.74, 6) is -2.15. The van der Waals surface area contributed by atoms with E-state index in [-0.39, 0.29) is 24.3 Å². The van der Waals surface area contributed by atoms with Gasteiger partial charge in [-0.25, -0.2) is 0 Å². The number of carbonyl (C=O) groups is 3. The summed E-state index contributed by atoms with van der Waals surface area (Å²) >= 11 is 5.85. The van der Waals surface area contributed by atoms with Crippen LogP contribution >= 0.6 is 11.6 Å². The van der Waals surface area contributed by atoms with Crippen molar-refractivity contribution in [2.24, 2.45) is 11.8 Å². The highest BCUT2D eigenvalue weighted by molar-refractivity contribution is 6.30. The summed E-state index contributed by atoms with van der Waals surface area (Å²) < 4.78 is 0. The Morgan fingerprint density at radius 1 is 1.30 bits per heavy atom. The summed E-state index contributed by atoms with van der Waals surface area (Å²) in [5, 5.41) is 12.2. The van der Waals surface area contributed by atoms with E-state index < -0.39 is 11.9 Å². The van der Waals surface area contributed by atoms with Crippen LogP contribution < -0.4 is 5.32 Å². The summed E-state index contributed by atoms with van der Waals surface area (Å²) in [6.07, 6.45) is 1.40. The van der Waals surface area contributed by atoms with Gasteiger partial charge in [0.05, 0.1) is 12.5 Å². The lowest BCUT2D eigenvalue weighted by atomic mass is 10.0. The molecule has 0 aliphatic heterocycles. The molecule has 0 heterocycles. The molecule has 1 aliphatic rings. The quantitative estimate of drug-likeness (QED) is 0.862. The highest BCUT2D eigenvalue weighted by Gasteiger charge is 2.35. The molecule has 2 N–H and O–H groups in total. The molecule has 2 rings (SSSR count). The minimum atomic E-state index is -0.860. The molecule has 7 heteroatoms. The van der Waals surface area contributed by atoms with Crippen LogP contribution in [0.2, 0.25) is 5.02 Å². The maximum absolute atomic E-state index is 12.3. The third-order valence-electron chi connectivity index (χ3n) is 4.00. The highest BCUT2D eigenvalue weighted by Crippen LogP contribution is 2.32. The predicted octanol–water partition coefficient (Wildman–Crippen LogP) is 2.24. The number of carboxylic acids is 1. The van der Waals surface area contributed by atoms with Crippen molar-refractivity contribution in [2.45, 2.75) is 19.3 Å². The minimum absolute atomic E-state index is 0.0837. The number of nitrogens with zero attached hydrogens (tertiary/aromatic N) is 1. The molecule has 0 saturated heterocycles. The molecule has 1 saturated carbocycles. The van der Waals surface area contributed by atoms with Crippen molar-refractivity contribution in [1.82, 2.24) is 4.90 Å². The zero-order valence-electron chi connectivity index (χ0n) is 12.8. The van der Waals surface area contributed by atoms with E-state index in [2.05, 4.69) is 5.32 Å². The molecule has 1 fully saturated rings. The summed E-state index contributed by atoms with van der Waals surface area (Å²) in [4.78, 5) is 36.6. The molecule has 2 amide bonds. The topological polar surface area (TPSA) is 86.7 Å². The van der Waals surface area contributed by atoms with E-state index in [1.807, 2.05) is 0 Å². The Hall–Kier alpha value is -2.08. The molecule has 6 nitrogen and oxygen atoms in total. The fourth-order valence-corrected chi connectivity index (χ4v) is 2.99. The second kappa shape index (κ2) is 7.46. The molecule has 0 spiro atoms. The normalized spacial score (nSPS) is 20.1. The number of carbonyl (C=O) groups excluding carboxylic acids is 2. The summed E-state index contributed by atoms with van der Waals surface area (Å²) in [6.45, 7) is -0.0837. The molecule has 124 valence electrons. The summed E-state index contributed by atoms with van der Waals surface area (Å²) in [7, 11) is 1.55. The number of benzene rings is 1. The van der Waals surface area contributed by atoms with Crippen LogP contribution in [0.15, 0.2) is 24.3 Å². The van der Waals surface area contributed by atoms with E-state index in [1.165, 1.54) is 4.90 Å². The van der Waals surface area contributed by atoms with E-state index in [4.69, 9.17) is 16.7 Å². The van der Waals surface area contributed by atoms with Gasteiger partial charge in [0.25, 0.3) is 0 Å². The first kappa shape index (κ1) is 17.3. The average molecular weight is 339 g/mol. The molecule has 1 aromatic rings. The highest BCUT2D eigenvalue weighted by atomic mass is 35.5. The number of halogens is 1. The van der Waals surface area contributed by atoms with Gasteiger partial charge in [0.2, 0.25) is 11.8 Å². The maximum atomic E-state index is 12.3. The van der Waals surface area contributed by atoms with Gasteiger partial charge in [0.1, 0.15) is 0 Å². The van der Waals surface area contributed by atoms with Crippen LogP contribution in [0, 0.1) is 11.8 Å². The lowest BCUT2D eigenvalue weighted by Gasteiger charge is -2.20. The Bertz CT molecular complexity index is 620. The fourth-order valence-electron chi connectivity index (χ4n) is 2.80. The van der Waals surface area contributed by atoms with Crippen molar-refractivity contribution in [3.05, 3.63) is 29.3 Å². The number of hydrogen-bond donors (Lipinski definition) is 2. The molecule has 0 aromatic heterocycles. The number of anilines is 1. The van der Waals surface area contributed by atoms with Crippen LogP contribution in [0.3, 0.4) is 0 Å². The van der Waals surface area contributed by atoms with Crippen molar-refractivity contribution < 1.29 is 19.5 Å². The monoisotopic (exact) mass is 338 g/mol. The van der Waals surface area contributed by atoms with Crippen LogP contribution in [-0.2, 0) is 14.4 Å². The number of rotatable bonds is 5. The van der Waals surface area contributed by atoms with Crippen LogP contribution in [0.5, 0.6) is 0 Å². The molecule has 23 heavy (non-hydrogen) atoms. The molecular formula is C16H19ClN2O4. The zero-order valence-corrected chi connectivity index (χ0v) is 13.5. The SMILES string of the molecule is CN(CC(=O)Nc1cccc(Cl)c1)C(=O)[C@@H]1CC[C@H](C(=O)O)C1. The van der Waals surface area contributed by atoms with Gasteiger partial charge in [-0.15, -0.1) is 0 Å². The Labute approximate surface area is 139 Å². The number of nitrogens with one attached hydrogen (secondary N) is 1. The first-order valence-electron chi connectivity index (χ1n) is 7.40. The summed E-state index contributed by atoms with van der Waals surface area (Å²) in [6, 6.07) is 6.75. The number of likely N-dealkylation sites (N-methyl/N-ethyl adjacent to an activating group) is 1. The van der Waals surface area contributed by atoms with Gasteiger partial charge in [-0.3, -0.25) is 14.4 Å². The third kappa shape index (κ3) is 4.69. The molecule has 1 aliphatic carbocycles. The second-order valence-electron chi connectivity index (χ2n) is 5.80. The van der Waals surface area contributed by atoms with E-state index in [0.717, 1.165) is 0 Å². The van der Waals surface area contributed by atoms with Crippen LogP contribution in [-0.4, -0.2) is 41.4 Å². The van der Waals surface area contributed by atoms with Gasteiger partial charge in [-0.2, -0.15) is 0 Å². The fraction of sp³-hybridized carbons (Fsp3) is 0.438. The Balaban J connectivity index is 1.86. The van der Waals surface area contributed by atoms with Crippen molar-refractivity contribution >= 4 is 35.1 Å². The second-order valence-corrected chi connectivity index (χ2v) is 6.23. The van der Waals surface area contributed by atoms with Gasteiger partial charge in [-0.05, 0) is 37.5 Å². The first-order valence-corrected chi connectivity index (χ1v) is 7.78. The zero-order chi connectivity index (χ0) is 17.0. The molecule has 0 unspecified atom stereocenters. The standard InChI is InChI=1S/C16H19ClN2O4/c1-19(15(21)10-5-6-11(7-10)16(22)23)9-14(20)18-13-4-2-3-12(17)8-13/h2-4,8,10-11H,5-7,9H2,1H3,(H,18,20)(H,22,23)/t10-,11+/m1/s1. The number of aliphatic carboxylic acids is 1. The van der Waals surface area contributed by atoms with Gasteiger partial charge in [-0.1, -0.05) is 17.7 Å². The van der Waals surface area contributed by atoms with E-state index >= 15 is 0 Å².